The van der Waals surface area contributed by atoms with Gasteiger partial charge >= 0.3 is 0 Å². The molecule has 6 heteroatoms. The van der Waals surface area contributed by atoms with E-state index in [1.54, 1.807) is 37.3 Å². The van der Waals surface area contributed by atoms with Crippen molar-refractivity contribution in [2.24, 2.45) is 11.0 Å². The standard InChI is InChI=1S/C20H19N3O3/c1-12-9-10-16(13(2)11-12)21-19(25)18(24)17-14(3)22-23(20(17)26)15-7-5-4-6-8-15/h4-11,17H,1-3H3,(H,21,25). The molecule has 2 aromatic rings. The lowest BCUT2D eigenvalue weighted by molar-refractivity contribution is -0.138. The van der Waals surface area contributed by atoms with Crippen molar-refractivity contribution in [1.29, 1.82) is 0 Å². The number of amides is 2. The van der Waals surface area contributed by atoms with E-state index >= 15 is 0 Å². The highest BCUT2D eigenvalue weighted by Gasteiger charge is 2.42. The van der Waals surface area contributed by atoms with Crippen molar-refractivity contribution < 1.29 is 14.4 Å². The molecule has 1 heterocycles. The number of aryl methyl sites for hydroxylation is 2. The van der Waals surface area contributed by atoms with Crippen molar-refractivity contribution in [3.63, 3.8) is 0 Å². The first kappa shape index (κ1) is 17.5. The minimum atomic E-state index is -1.19. The molecule has 2 aromatic carbocycles. The van der Waals surface area contributed by atoms with Gasteiger partial charge in [0, 0.05) is 5.69 Å². The Labute approximate surface area is 151 Å². The Morgan fingerprint density at radius 3 is 2.38 bits per heavy atom. The van der Waals surface area contributed by atoms with Crippen LogP contribution in [0.1, 0.15) is 18.1 Å². The number of benzene rings is 2. The minimum Gasteiger partial charge on any atom is -0.319 e. The van der Waals surface area contributed by atoms with E-state index in [2.05, 4.69) is 10.4 Å². The van der Waals surface area contributed by atoms with Gasteiger partial charge in [0.05, 0.1) is 11.4 Å². The van der Waals surface area contributed by atoms with Gasteiger partial charge in [-0.15, -0.1) is 0 Å². The third-order valence-corrected chi connectivity index (χ3v) is 4.25. The van der Waals surface area contributed by atoms with E-state index in [1.165, 1.54) is 5.01 Å². The number of hydrazone groups is 1. The quantitative estimate of drug-likeness (QED) is 0.681. The Hall–Kier alpha value is -3.28. The highest BCUT2D eigenvalue weighted by atomic mass is 16.2. The number of para-hydroxylation sites is 1. The molecule has 6 nitrogen and oxygen atoms in total. The van der Waals surface area contributed by atoms with Crippen molar-refractivity contribution in [2.45, 2.75) is 20.8 Å². The molecule has 0 aliphatic carbocycles. The second-order valence-corrected chi connectivity index (χ2v) is 6.30. The molecule has 0 saturated carbocycles. The number of hydrogen-bond acceptors (Lipinski definition) is 4. The summed E-state index contributed by atoms with van der Waals surface area (Å²) in [4.78, 5) is 37.6. The molecule has 2 amide bonds. The van der Waals surface area contributed by atoms with Gasteiger partial charge in [0.15, 0.2) is 0 Å². The van der Waals surface area contributed by atoms with Gasteiger partial charge < -0.3 is 5.32 Å². The summed E-state index contributed by atoms with van der Waals surface area (Å²) in [6.45, 7) is 5.37. The number of nitrogens with one attached hydrogen (secondary N) is 1. The molecule has 3 rings (SSSR count). The molecule has 0 fully saturated rings. The first-order valence-corrected chi connectivity index (χ1v) is 8.25. The van der Waals surface area contributed by atoms with Gasteiger partial charge in [0.1, 0.15) is 5.92 Å². The molecular weight excluding hydrogens is 330 g/mol. The van der Waals surface area contributed by atoms with Crippen LogP contribution in [0.15, 0.2) is 53.6 Å². The Morgan fingerprint density at radius 2 is 1.73 bits per heavy atom. The van der Waals surface area contributed by atoms with Crippen LogP contribution in [0.4, 0.5) is 11.4 Å². The van der Waals surface area contributed by atoms with Crippen molar-refractivity contribution in [3.8, 4) is 0 Å². The van der Waals surface area contributed by atoms with Gasteiger partial charge in [-0.1, -0.05) is 35.9 Å². The van der Waals surface area contributed by atoms with E-state index in [1.807, 2.05) is 32.0 Å². The first-order valence-electron chi connectivity index (χ1n) is 8.25. The lowest BCUT2D eigenvalue weighted by Crippen LogP contribution is -2.39. The van der Waals surface area contributed by atoms with Crippen LogP contribution < -0.4 is 10.3 Å². The summed E-state index contributed by atoms with van der Waals surface area (Å²) in [5.74, 6) is -3.34. The van der Waals surface area contributed by atoms with Gasteiger partial charge in [-0.25, -0.2) is 0 Å². The van der Waals surface area contributed by atoms with E-state index in [9.17, 15) is 14.4 Å². The van der Waals surface area contributed by atoms with E-state index in [4.69, 9.17) is 0 Å². The molecule has 1 aliphatic heterocycles. The molecule has 1 N–H and O–H groups in total. The fourth-order valence-electron chi connectivity index (χ4n) is 2.89. The number of ketones is 1. The monoisotopic (exact) mass is 349 g/mol. The molecule has 1 atom stereocenters. The van der Waals surface area contributed by atoms with Crippen LogP contribution in [-0.2, 0) is 14.4 Å². The average Bonchev–Trinajstić information content (AvgIpc) is 2.92. The lowest BCUT2D eigenvalue weighted by atomic mass is 9.98. The van der Waals surface area contributed by atoms with Crippen LogP contribution in [0.5, 0.6) is 0 Å². The minimum absolute atomic E-state index is 0.305. The second-order valence-electron chi connectivity index (χ2n) is 6.30. The number of Topliss-reactive ketones (excluding diaryl/α,β-unsaturated/α-hetero) is 1. The third kappa shape index (κ3) is 3.26. The molecule has 0 radical (unpaired) electrons. The molecule has 1 unspecified atom stereocenters. The lowest BCUT2D eigenvalue weighted by Gasteiger charge is -2.14. The van der Waals surface area contributed by atoms with Crippen LogP contribution in [-0.4, -0.2) is 23.3 Å². The molecule has 0 saturated heterocycles. The Kier molecular flexibility index (Phi) is 4.67. The largest absolute Gasteiger partial charge is 0.319 e. The zero-order chi connectivity index (χ0) is 18.8. The molecule has 0 bridgehead atoms. The van der Waals surface area contributed by atoms with Crippen LogP contribution >= 0.6 is 0 Å². The van der Waals surface area contributed by atoms with Gasteiger partial charge in [-0.2, -0.15) is 10.1 Å². The van der Waals surface area contributed by atoms with Crippen LogP contribution in [0.2, 0.25) is 0 Å². The maximum atomic E-state index is 12.6. The van der Waals surface area contributed by atoms with E-state index in [0.717, 1.165) is 11.1 Å². The summed E-state index contributed by atoms with van der Waals surface area (Å²) >= 11 is 0. The molecule has 132 valence electrons. The topological polar surface area (TPSA) is 78.8 Å². The molecule has 0 spiro atoms. The SMILES string of the molecule is CC1=NN(c2ccccc2)C(=O)C1C(=O)C(=O)Nc1ccc(C)cc1C. The zero-order valence-corrected chi connectivity index (χ0v) is 14.8. The predicted octanol–water partition coefficient (Wildman–Crippen LogP) is 2.85. The smallest absolute Gasteiger partial charge is 0.293 e. The number of carbonyl (C=O) groups is 3. The summed E-state index contributed by atoms with van der Waals surface area (Å²) in [5.41, 5.74) is 3.31. The summed E-state index contributed by atoms with van der Waals surface area (Å²) in [6, 6.07) is 14.3. The van der Waals surface area contributed by atoms with E-state index in [-0.39, 0.29) is 0 Å². The van der Waals surface area contributed by atoms with E-state index in [0.29, 0.717) is 17.1 Å². The summed E-state index contributed by atoms with van der Waals surface area (Å²) in [5, 5.41) is 7.92. The highest BCUT2D eigenvalue weighted by Crippen LogP contribution is 2.25. The van der Waals surface area contributed by atoms with Crippen LogP contribution in [0.25, 0.3) is 0 Å². The molecule has 26 heavy (non-hydrogen) atoms. The second kappa shape index (κ2) is 6.92. The summed E-state index contributed by atoms with van der Waals surface area (Å²) in [7, 11) is 0. The van der Waals surface area contributed by atoms with Crippen molar-refractivity contribution in [1.82, 2.24) is 0 Å². The van der Waals surface area contributed by atoms with Crippen LogP contribution in [0.3, 0.4) is 0 Å². The highest BCUT2D eigenvalue weighted by molar-refractivity contribution is 6.50. The van der Waals surface area contributed by atoms with E-state index < -0.39 is 23.5 Å². The molecule has 1 aliphatic rings. The zero-order valence-electron chi connectivity index (χ0n) is 14.8. The maximum absolute atomic E-state index is 12.6. The normalized spacial score (nSPS) is 16.4. The number of hydrogen-bond donors (Lipinski definition) is 1. The third-order valence-electron chi connectivity index (χ3n) is 4.25. The van der Waals surface area contributed by atoms with Gasteiger partial charge in [0.2, 0.25) is 5.78 Å². The van der Waals surface area contributed by atoms with Gasteiger partial charge in [0.25, 0.3) is 11.8 Å². The summed E-state index contributed by atoms with van der Waals surface area (Å²) in [6.07, 6.45) is 0. The fourth-order valence-corrected chi connectivity index (χ4v) is 2.89. The van der Waals surface area contributed by atoms with Gasteiger partial charge in [-0.3, -0.25) is 14.4 Å². The van der Waals surface area contributed by atoms with Crippen LogP contribution in [0, 0.1) is 19.8 Å². The number of nitrogens with zero attached hydrogens (tertiary/aromatic N) is 2. The van der Waals surface area contributed by atoms with Gasteiger partial charge in [-0.05, 0) is 44.5 Å². The van der Waals surface area contributed by atoms with Crippen molar-refractivity contribution in [3.05, 3.63) is 59.7 Å². The molecular formula is C20H19N3O3. The first-order chi connectivity index (χ1) is 12.4. The maximum Gasteiger partial charge on any atom is 0.293 e. The average molecular weight is 349 g/mol. The summed E-state index contributed by atoms with van der Waals surface area (Å²) < 4.78 is 0. The number of anilines is 2. The van der Waals surface area contributed by atoms with Crippen molar-refractivity contribution >= 4 is 34.7 Å². The Bertz CT molecular complexity index is 919. The molecule has 0 aromatic heterocycles. The Morgan fingerprint density at radius 1 is 1.04 bits per heavy atom. The fraction of sp³-hybridized carbons (Fsp3) is 0.200. The number of carbonyl (C=O) groups excluding carboxylic acids is 3. The number of rotatable bonds is 4. The predicted molar refractivity (Wildman–Crippen MR) is 100 cm³/mol. The Balaban J connectivity index is 1.78. The van der Waals surface area contributed by atoms with Crippen molar-refractivity contribution in [2.75, 3.05) is 10.3 Å².